The molecule has 0 bridgehead atoms. The van der Waals surface area contributed by atoms with Crippen molar-refractivity contribution < 1.29 is 4.79 Å². The molecule has 5 nitrogen and oxygen atoms in total. The minimum Gasteiger partial charge on any atom is -0.350 e. The first-order chi connectivity index (χ1) is 10.8. The lowest BCUT2D eigenvalue weighted by Crippen LogP contribution is -2.48. The van der Waals surface area contributed by atoms with Gasteiger partial charge in [-0.15, -0.1) is 11.3 Å². The number of carbonyl (C=O) groups is 1. The van der Waals surface area contributed by atoms with Crippen LogP contribution in [0.5, 0.6) is 0 Å². The molecule has 0 aromatic carbocycles. The first-order valence-electron chi connectivity index (χ1n) is 7.98. The van der Waals surface area contributed by atoms with E-state index in [0.717, 1.165) is 43.7 Å². The number of fused-ring (bicyclic) bond motifs is 1. The van der Waals surface area contributed by atoms with Gasteiger partial charge >= 0.3 is 0 Å². The van der Waals surface area contributed by atoms with E-state index in [1.807, 2.05) is 6.07 Å². The Bertz CT molecular complexity index is 700. The lowest BCUT2D eigenvalue weighted by Gasteiger charge is -2.35. The first-order valence-corrected chi connectivity index (χ1v) is 8.86. The van der Waals surface area contributed by atoms with Crippen LogP contribution in [0.4, 0.5) is 5.82 Å². The number of likely N-dealkylation sites (tertiary alicyclic amines) is 1. The van der Waals surface area contributed by atoms with Crippen molar-refractivity contribution in [1.82, 2.24) is 14.9 Å². The molecule has 2 fully saturated rings. The Morgan fingerprint density at radius 2 is 2.05 bits per heavy atom. The zero-order chi connectivity index (χ0) is 15.1. The number of hydrogen-bond donors (Lipinski definition) is 0. The fourth-order valence-electron chi connectivity index (χ4n) is 4.02. The van der Waals surface area contributed by atoms with Crippen molar-refractivity contribution >= 4 is 33.3 Å². The fourth-order valence-corrected chi connectivity index (χ4v) is 4.87. The number of thiophene rings is 1. The number of hydrogen-bond acceptors (Lipinski definition) is 5. The minimum absolute atomic E-state index is 0.207. The van der Waals surface area contributed by atoms with E-state index in [1.165, 1.54) is 11.1 Å². The second-order valence-electron chi connectivity index (χ2n) is 6.16. The van der Waals surface area contributed by atoms with Crippen LogP contribution in [0.3, 0.4) is 0 Å². The summed E-state index contributed by atoms with van der Waals surface area (Å²) in [5.41, 5.74) is 1.02. The zero-order valence-corrected chi connectivity index (χ0v) is 13.6. The third-order valence-corrected chi connectivity index (χ3v) is 5.84. The lowest BCUT2D eigenvalue weighted by molar-refractivity contribution is -0.129. The van der Waals surface area contributed by atoms with Gasteiger partial charge in [0.2, 0.25) is 5.91 Å². The maximum Gasteiger partial charge on any atom is 0.219 e. The van der Waals surface area contributed by atoms with Crippen molar-refractivity contribution in [3.8, 4) is 0 Å². The molecule has 0 spiro atoms. The van der Waals surface area contributed by atoms with E-state index in [0.29, 0.717) is 12.1 Å². The minimum atomic E-state index is 0.207. The van der Waals surface area contributed by atoms with Crippen LogP contribution < -0.4 is 4.90 Å². The predicted octanol–water partition coefficient (Wildman–Crippen LogP) is 2.67. The molecular weight excluding hydrogens is 296 g/mol. The molecule has 2 atom stereocenters. The molecular formula is C16H20N4OS. The summed E-state index contributed by atoms with van der Waals surface area (Å²) in [6, 6.07) is 2.78. The highest BCUT2D eigenvalue weighted by atomic mass is 32.1. The highest BCUT2D eigenvalue weighted by Crippen LogP contribution is 2.36. The van der Waals surface area contributed by atoms with Gasteiger partial charge in [-0.25, -0.2) is 9.97 Å². The van der Waals surface area contributed by atoms with E-state index in [1.54, 1.807) is 24.6 Å². The van der Waals surface area contributed by atoms with Gasteiger partial charge in [-0.3, -0.25) is 4.79 Å². The summed E-state index contributed by atoms with van der Waals surface area (Å²) in [4.78, 5) is 25.3. The third-order valence-electron chi connectivity index (χ3n) is 4.94. The normalized spacial score (nSPS) is 25.3. The molecule has 0 N–H and O–H groups in total. The highest BCUT2D eigenvalue weighted by molar-refractivity contribution is 7.17. The van der Waals surface area contributed by atoms with Crippen LogP contribution in [0.25, 0.3) is 10.2 Å². The first kappa shape index (κ1) is 13.9. The monoisotopic (exact) mass is 316 g/mol. The molecule has 2 aromatic heterocycles. The second kappa shape index (κ2) is 5.50. The van der Waals surface area contributed by atoms with Crippen LogP contribution in [0.1, 0.15) is 32.6 Å². The van der Waals surface area contributed by atoms with E-state index >= 15 is 0 Å². The van der Waals surface area contributed by atoms with Gasteiger partial charge in [-0.05, 0) is 37.1 Å². The average molecular weight is 316 g/mol. The van der Waals surface area contributed by atoms with Crippen molar-refractivity contribution in [2.75, 3.05) is 18.0 Å². The standard InChI is InChI=1S/C16H20N4OS/c1-11(21)19-7-2-4-13(19)14-5-3-8-20(14)16-15-12(6-9-22-15)17-10-18-16/h6,9-10,13-14H,2-5,7-8H2,1H3/t13-,14-/m0/s1. The van der Waals surface area contributed by atoms with Gasteiger partial charge in [0, 0.05) is 20.0 Å². The van der Waals surface area contributed by atoms with Crippen LogP contribution in [0, 0.1) is 0 Å². The van der Waals surface area contributed by atoms with E-state index < -0.39 is 0 Å². The molecule has 2 saturated heterocycles. The van der Waals surface area contributed by atoms with Crippen molar-refractivity contribution in [2.24, 2.45) is 0 Å². The Morgan fingerprint density at radius 3 is 2.91 bits per heavy atom. The molecule has 0 saturated carbocycles. The molecule has 22 heavy (non-hydrogen) atoms. The van der Waals surface area contributed by atoms with Gasteiger partial charge in [0.15, 0.2) is 0 Å². The van der Waals surface area contributed by atoms with Crippen LogP contribution >= 0.6 is 11.3 Å². The Balaban J connectivity index is 1.69. The number of carbonyl (C=O) groups excluding carboxylic acids is 1. The SMILES string of the molecule is CC(=O)N1CCC[C@H]1[C@@H]1CCCN1c1ncnc2ccsc12. The van der Waals surface area contributed by atoms with Crippen LogP contribution in [0.15, 0.2) is 17.8 Å². The highest BCUT2D eigenvalue weighted by Gasteiger charge is 2.39. The quantitative estimate of drug-likeness (QED) is 0.855. The molecule has 4 rings (SSSR count). The molecule has 6 heteroatoms. The van der Waals surface area contributed by atoms with Gasteiger partial charge in [-0.1, -0.05) is 0 Å². The third kappa shape index (κ3) is 2.17. The molecule has 0 aliphatic carbocycles. The Kier molecular flexibility index (Phi) is 3.48. The zero-order valence-electron chi connectivity index (χ0n) is 12.7. The Hall–Kier alpha value is -1.69. The van der Waals surface area contributed by atoms with Gasteiger partial charge < -0.3 is 9.80 Å². The lowest BCUT2D eigenvalue weighted by atomic mass is 10.0. The van der Waals surface area contributed by atoms with Crippen LogP contribution in [-0.4, -0.2) is 45.9 Å². The predicted molar refractivity (Wildman–Crippen MR) is 88.2 cm³/mol. The smallest absolute Gasteiger partial charge is 0.219 e. The number of anilines is 1. The van der Waals surface area contributed by atoms with E-state index in [-0.39, 0.29) is 5.91 Å². The largest absolute Gasteiger partial charge is 0.350 e. The molecule has 0 unspecified atom stereocenters. The number of amides is 1. The van der Waals surface area contributed by atoms with Crippen LogP contribution in [0.2, 0.25) is 0 Å². The second-order valence-corrected chi connectivity index (χ2v) is 7.07. The Morgan fingerprint density at radius 1 is 1.23 bits per heavy atom. The topological polar surface area (TPSA) is 49.3 Å². The summed E-state index contributed by atoms with van der Waals surface area (Å²) in [5, 5.41) is 2.07. The fraction of sp³-hybridized carbons (Fsp3) is 0.562. The summed E-state index contributed by atoms with van der Waals surface area (Å²) >= 11 is 1.71. The van der Waals surface area contributed by atoms with Gasteiger partial charge in [-0.2, -0.15) is 0 Å². The van der Waals surface area contributed by atoms with Crippen molar-refractivity contribution in [2.45, 2.75) is 44.7 Å². The van der Waals surface area contributed by atoms with Crippen LogP contribution in [-0.2, 0) is 4.79 Å². The summed E-state index contributed by atoms with van der Waals surface area (Å²) < 4.78 is 1.17. The van der Waals surface area contributed by atoms with Crippen molar-refractivity contribution in [3.63, 3.8) is 0 Å². The number of rotatable bonds is 2. The van der Waals surface area contributed by atoms with E-state index in [4.69, 9.17) is 0 Å². The molecule has 1 amide bonds. The van der Waals surface area contributed by atoms with Crippen molar-refractivity contribution in [3.05, 3.63) is 17.8 Å². The summed E-state index contributed by atoms with van der Waals surface area (Å²) in [7, 11) is 0. The van der Waals surface area contributed by atoms with E-state index in [9.17, 15) is 4.79 Å². The van der Waals surface area contributed by atoms with Crippen molar-refractivity contribution in [1.29, 1.82) is 0 Å². The van der Waals surface area contributed by atoms with Gasteiger partial charge in [0.05, 0.1) is 22.3 Å². The van der Waals surface area contributed by atoms with E-state index in [2.05, 4.69) is 25.1 Å². The molecule has 2 aliphatic heterocycles. The van der Waals surface area contributed by atoms with Gasteiger partial charge in [0.1, 0.15) is 12.1 Å². The molecule has 116 valence electrons. The maximum atomic E-state index is 11.9. The Labute approximate surface area is 134 Å². The average Bonchev–Trinajstić information content (AvgIpc) is 3.25. The molecule has 4 heterocycles. The molecule has 0 radical (unpaired) electrons. The molecule has 2 aromatic rings. The number of nitrogens with zero attached hydrogens (tertiary/aromatic N) is 4. The maximum absolute atomic E-state index is 11.9. The summed E-state index contributed by atoms with van der Waals surface area (Å²) in [5.74, 6) is 1.26. The number of aromatic nitrogens is 2. The molecule has 2 aliphatic rings. The summed E-state index contributed by atoms with van der Waals surface area (Å²) in [6.07, 6.45) is 6.21. The van der Waals surface area contributed by atoms with Gasteiger partial charge in [0.25, 0.3) is 0 Å². The summed E-state index contributed by atoms with van der Waals surface area (Å²) in [6.45, 7) is 3.62.